The maximum absolute atomic E-state index is 13.4. The van der Waals surface area contributed by atoms with Gasteiger partial charge in [-0.3, -0.25) is 14.4 Å². The number of carboxylic acid groups (broad SMARTS) is 1. The first-order valence-electron chi connectivity index (χ1n) is 11.5. The molecule has 2 heterocycles. The van der Waals surface area contributed by atoms with E-state index in [1.165, 1.54) is 11.3 Å². The van der Waals surface area contributed by atoms with Crippen LogP contribution in [0.15, 0.2) is 41.8 Å². The van der Waals surface area contributed by atoms with Gasteiger partial charge in [-0.2, -0.15) is 0 Å². The van der Waals surface area contributed by atoms with Crippen molar-refractivity contribution in [1.82, 2.24) is 9.88 Å². The summed E-state index contributed by atoms with van der Waals surface area (Å²) in [5.41, 5.74) is 2.03. The maximum atomic E-state index is 13.4. The number of carbonyl (C=O) groups excluding carboxylic acids is 2. The normalized spacial score (nSPS) is 17.9. The molecule has 0 bridgehead atoms. The van der Waals surface area contributed by atoms with Gasteiger partial charge in [0.2, 0.25) is 5.91 Å². The number of methoxy groups -OCH3 is 1. The molecule has 1 aliphatic carbocycles. The molecule has 0 spiro atoms. The molecule has 3 aromatic rings. The second kappa shape index (κ2) is 10.3. The fourth-order valence-electron chi connectivity index (χ4n) is 4.58. The van der Waals surface area contributed by atoms with Gasteiger partial charge in [-0.25, -0.2) is 0 Å². The van der Waals surface area contributed by atoms with Gasteiger partial charge in [-0.1, -0.05) is 6.07 Å². The number of aliphatic carboxylic acids is 1. The fourth-order valence-corrected chi connectivity index (χ4v) is 5.40. The first-order valence-corrected chi connectivity index (χ1v) is 12.3. The summed E-state index contributed by atoms with van der Waals surface area (Å²) in [6.45, 7) is 2.42. The number of amides is 2. The maximum Gasteiger partial charge on any atom is 0.306 e. The number of anilines is 1. The van der Waals surface area contributed by atoms with Gasteiger partial charge in [0.25, 0.3) is 5.91 Å². The second-order valence-electron chi connectivity index (χ2n) is 8.49. The Labute approximate surface area is 202 Å². The highest BCUT2D eigenvalue weighted by molar-refractivity contribution is 7.17. The number of nitrogens with one attached hydrogen (secondary N) is 1. The first kappa shape index (κ1) is 23.8. The molecule has 1 aliphatic rings. The van der Waals surface area contributed by atoms with Crippen LogP contribution < -0.4 is 15.0 Å². The Morgan fingerprint density at radius 3 is 2.62 bits per heavy atom. The predicted octanol–water partition coefficient (Wildman–Crippen LogP) is 4.14. The number of fused-ring (bicyclic) bond motifs is 1. The van der Waals surface area contributed by atoms with Crippen molar-refractivity contribution in [3.8, 4) is 5.75 Å². The number of carbonyl (C=O) groups is 3. The lowest BCUT2D eigenvalue weighted by Gasteiger charge is -2.27. The molecule has 0 radical (unpaired) electrons. The molecule has 8 nitrogen and oxygen atoms in total. The molecule has 1 aromatic carbocycles. The molecule has 34 heavy (non-hydrogen) atoms. The van der Waals surface area contributed by atoms with Crippen molar-refractivity contribution in [3.05, 3.63) is 47.5 Å². The Morgan fingerprint density at radius 1 is 1.18 bits per heavy atom. The van der Waals surface area contributed by atoms with Crippen LogP contribution in [-0.2, 0) is 16.1 Å². The summed E-state index contributed by atoms with van der Waals surface area (Å²) in [7, 11) is 1.59. The van der Waals surface area contributed by atoms with Crippen molar-refractivity contribution in [2.24, 2.45) is 5.92 Å². The first-order chi connectivity index (χ1) is 16.4. The molecule has 0 saturated heterocycles. The van der Waals surface area contributed by atoms with E-state index in [9.17, 15) is 19.5 Å². The quantitative estimate of drug-likeness (QED) is 0.502. The van der Waals surface area contributed by atoms with Crippen molar-refractivity contribution in [1.29, 1.82) is 0 Å². The Bertz CT molecular complexity index is 1190. The Hall–Kier alpha value is -3.33. The van der Waals surface area contributed by atoms with E-state index in [0.717, 1.165) is 15.9 Å². The summed E-state index contributed by atoms with van der Waals surface area (Å²) in [6.07, 6.45) is 2.38. The molecular weight excluding hydrogens is 454 g/mol. The number of aromatic nitrogens is 1. The van der Waals surface area contributed by atoms with Crippen molar-refractivity contribution >= 4 is 45.0 Å². The van der Waals surface area contributed by atoms with Crippen LogP contribution in [0.4, 0.5) is 5.69 Å². The molecule has 0 atom stereocenters. The molecule has 0 aliphatic heterocycles. The van der Waals surface area contributed by atoms with E-state index in [1.807, 2.05) is 48.7 Å². The number of benzene rings is 1. The zero-order valence-electron chi connectivity index (χ0n) is 19.3. The smallest absolute Gasteiger partial charge is 0.306 e. The minimum Gasteiger partial charge on any atom is -0.497 e. The van der Waals surface area contributed by atoms with Gasteiger partial charge in [0.05, 0.1) is 23.2 Å². The van der Waals surface area contributed by atoms with E-state index in [4.69, 9.17) is 4.74 Å². The highest BCUT2D eigenvalue weighted by Crippen LogP contribution is 2.28. The molecule has 9 heteroatoms. The average Bonchev–Trinajstić information content (AvgIpc) is 3.43. The minimum atomic E-state index is -0.770. The zero-order chi connectivity index (χ0) is 24.2. The van der Waals surface area contributed by atoms with Gasteiger partial charge in [0.1, 0.15) is 18.0 Å². The molecule has 4 rings (SSSR count). The summed E-state index contributed by atoms with van der Waals surface area (Å²) < 4.78 is 8.01. The van der Waals surface area contributed by atoms with Crippen LogP contribution in [0.2, 0.25) is 0 Å². The van der Waals surface area contributed by atoms with Crippen molar-refractivity contribution in [3.63, 3.8) is 0 Å². The van der Waals surface area contributed by atoms with E-state index < -0.39 is 5.97 Å². The molecule has 1 fully saturated rings. The third-order valence-corrected chi connectivity index (χ3v) is 7.30. The van der Waals surface area contributed by atoms with Crippen molar-refractivity contribution in [2.45, 2.75) is 45.2 Å². The molecular formula is C25H29N3O5S. The van der Waals surface area contributed by atoms with Gasteiger partial charge in [-0.05, 0) is 62.3 Å². The summed E-state index contributed by atoms with van der Waals surface area (Å²) >= 11 is 1.52. The average molecular weight is 484 g/mol. The Morgan fingerprint density at radius 2 is 1.94 bits per heavy atom. The largest absolute Gasteiger partial charge is 0.497 e. The van der Waals surface area contributed by atoms with Gasteiger partial charge in [0, 0.05) is 24.3 Å². The van der Waals surface area contributed by atoms with Crippen LogP contribution >= 0.6 is 11.3 Å². The SMILES string of the molecule is CCN(C(=O)Cn1c(C(=O)N[C@H]2CC[C@H](C(=O)O)CC2)cc2sccc21)c1cccc(OC)c1. The third kappa shape index (κ3) is 4.94. The third-order valence-electron chi connectivity index (χ3n) is 6.44. The van der Waals surface area contributed by atoms with E-state index in [0.29, 0.717) is 43.7 Å². The lowest BCUT2D eigenvalue weighted by atomic mass is 9.86. The van der Waals surface area contributed by atoms with Crippen LogP contribution in [0.3, 0.4) is 0 Å². The van der Waals surface area contributed by atoms with Gasteiger partial charge < -0.3 is 24.6 Å². The number of carboxylic acids is 1. The summed E-state index contributed by atoms with van der Waals surface area (Å²) in [5.74, 6) is -0.803. The van der Waals surface area contributed by atoms with Crippen molar-refractivity contribution < 1.29 is 24.2 Å². The van der Waals surface area contributed by atoms with Gasteiger partial charge in [0.15, 0.2) is 0 Å². The number of thiophene rings is 1. The molecule has 2 aromatic heterocycles. The van der Waals surface area contributed by atoms with Crippen molar-refractivity contribution in [2.75, 3.05) is 18.6 Å². The number of nitrogens with zero attached hydrogens (tertiary/aromatic N) is 2. The summed E-state index contributed by atoms with van der Waals surface area (Å²) in [6, 6.07) is 11.0. The van der Waals surface area contributed by atoms with E-state index in [-0.39, 0.29) is 30.3 Å². The Kier molecular flexibility index (Phi) is 7.21. The molecule has 1 saturated carbocycles. The number of hydrogen-bond acceptors (Lipinski definition) is 5. The van der Waals surface area contributed by atoms with E-state index in [1.54, 1.807) is 16.6 Å². The zero-order valence-corrected chi connectivity index (χ0v) is 20.1. The highest BCUT2D eigenvalue weighted by Gasteiger charge is 2.28. The number of likely N-dealkylation sites (N-methyl/N-ethyl adjacent to an activating group) is 1. The highest BCUT2D eigenvalue weighted by atomic mass is 32.1. The minimum absolute atomic E-state index is 0.0276. The monoisotopic (exact) mass is 483 g/mol. The van der Waals surface area contributed by atoms with Crippen LogP contribution in [0.25, 0.3) is 10.2 Å². The van der Waals surface area contributed by atoms with E-state index in [2.05, 4.69) is 5.32 Å². The Balaban J connectivity index is 1.53. The van der Waals surface area contributed by atoms with Crippen LogP contribution in [-0.4, -0.2) is 47.2 Å². The topological polar surface area (TPSA) is 101 Å². The van der Waals surface area contributed by atoms with Crippen LogP contribution in [0, 0.1) is 5.92 Å². The lowest BCUT2D eigenvalue weighted by Crippen LogP contribution is -2.40. The number of hydrogen-bond donors (Lipinski definition) is 2. The fraction of sp³-hybridized carbons (Fsp3) is 0.400. The number of ether oxygens (including phenoxy) is 1. The van der Waals surface area contributed by atoms with Gasteiger partial charge in [-0.15, -0.1) is 11.3 Å². The molecule has 180 valence electrons. The summed E-state index contributed by atoms with van der Waals surface area (Å²) in [5, 5.41) is 14.2. The molecule has 2 N–H and O–H groups in total. The number of rotatable bonds is 8. The second-order valence-corrected chi connectivity index (χ2v) is 9.43. The van der Waals surface area contributed by atoms with Crippen LogP contribution in [0.1, 0.15) is 43.1 Å². The van der Waals surface area contributed by atoms with Gasteiger partial charge >= 0.3 is 5.97 Å². The molecule has 2 amide bonds. The molecule has 0 unspecified atom stereocenters. The lowest BCUT2D eigenvalue weighted by molar-refractivity contribution is -0.142. The van der Waals surface area contributed by atoms with E-state index >= 15 is 0 Å². The standard InChI is InChI=1S/C25H29N3O5S/c1-3-27(18-5-4-6-19(13-18)33-2)23(29)15-28-20-11-12-34-22(20)14-21(28)24(30)26-17-9-7-16(8-10-17)25(31)32/h4-6,11-14,16-17H,3,7-10,15H2,1-2H3,(H,26,30)(H,31,32)/t16-,17-. The predicted molar refractivity (Wildman–Crippen MR) is 132 cm³/mol. The summed E-state index contributed by atoms with van der Waals surface area (Å²) in [4.78, 5) is 39.4. The van der Waals surface area contributed by atoms with Crippen LogP contribution in [0.5, 0.6) is 5.75 Å².